The Morgan fingerprint density at radius 3 is 2.53 bits per heavy atom. The number of nitrogens with two attached hydrogens (primary N) is 1. The summed E-state index contributed by atoms with van der Waals surface area (Å²) in [5, 5.41) is 10.8. The summed E-state index contributed by atoms with van der Waals surface area (Å²) in [5.74, 6) is 1.96. The van der Waals surface area contributed by atoms with Crippen LogP contribution in [0.25, 0.3) is 0 Å². The first kappa shape index (κ1) is 11.9. The van der Waals surface area contributed by atoms with Gasteiger partial charge in [0, 0.05) is 25.2 Å². The molecule has 3 heteroatoms. The van der Waals surface area contributed by atoms with Crippen LogP contribution >= 0.6 is 0 Å². The Morgan fingerprint density at radius 1 is 1.24 bits per heavy atom. The topological polar surface area (TPSA) is 55.5 Å². The molecule has 4 atom stereocenters. The van der Waals surface area contributed by atoms with Crippen molar-refractivity contribution in [1.82, 2.24) is 0 Å². The third-order valence-corrected chi connectivity index (χ3v) is 5.70. The molecule has 3 N–H and O–H groups in total. The van der Waals surface area contributed by atoms with E-state index in [9.17, 15) is 5.11 Å². The molecule has 0 aromatic heterocycles. The monoisotopic (exact) mass is 239 g/mol. The van der Waals surface area contributed by atoms with Gasteiger partial charge in [0.1, 0.15) is 0 Å². The summed E-state index contributed by atoms with van der Waals surface area (Å²) in [7, 11) is 0. The Balaban J connectivity index is 1.75. The van der Waals surface area contributed by atoms with E-state index in [4.69, 9.17) is 10.5 Å². The number of hydrogen-bond donors (Lipinski definition) is 2. The number of fused-ring (bicyclic) bond motifs is 2. The second-order valence-corrected chi connectivity index (χ2v) is 6.41. The molecular weight excluding hydrogens is 214 g/mol. The van der Waals surface area contributed by atoms with Gasteiger partial charge in [-0.2, -0.15) is 0 Å². The molecule has 0 aromatic carbocycles. The highest BCUT2D eigenvalue weighted by molar-refractivity contribution is 5.05. The van der Waals surface area contributed by atoms with Gasteiger partial charge in [0.15, 0.2) is 0 Å². The Morgan fingerprint density at radius 2 is 2.00 bits per heavy atom. The molecule has 1 saturated heterocycles. The van der Waals surface area contributed by atoms with Gasteiger partial charge in [0.25, 0.3) is 0 Å². The lowest BCUT2D eigenvalue weighted by atomic mass is 9.65. The summed E-state index contributed by atoms with van der Waals surface area (Å²) in [4.78, 5) is 0. The summed E-state index contributed by atoms with van der Waals surface area (Å²) < 4.78 is 5.40. The van der Waals surface area contributed by atoms with Crippen molar-refractivity contribution in [2.45, 2.75) is 44.6 Å². The number of ether oxygens (including phenoxy) is 1. The summed E-state index contributed by atoms with van der Waals surface area (Å²) in [5.41, 5.74) is 6.12. The summed E-state index contributed by atoms with van der Waals surface area (Å²) in [6.45, 7) is 2.31. The lowest BCUT2D eigenvalue weighted by Gasteiger charge is -2.45. The van der Waals surface area contributed by atoms with Crippen LogP contribution in [-0.2, 0) is 4.74 Å². The van der Waals surface area contributed by atoms with Gasteiger partial charge in [0.05, 0.1) is 6.10 Å². The molecule has 1 aliphatic heterocycles. The molecular formula is C14H25NO2. The molecule has 3 fully saturated rings. The average molecular weight is 239 g/mol. The first-order valence-electron chi connectivity index (χ1n) is 7.22. The van der Waals surface area contributed by atoms with Crippen LogP contribution in [0.2, 0.25) is 0 Å². The third kappa shape index (κ3) is 1.83. The van der Waals surface area contributed by atoms with Crippen molar-refractivity contribution >= 4 is 0 Å². The molecule has 2 aliphatic carbocycles. The zero-order valence-electron chi connectivity index (χ0n) is 10.6. The third-order valence-electron chi connectivity index (χ3n) is 5.70. The fourth-order valence-electron chi connectivity index (χ4n) is 4.72. The van der Waals surface area contributed by atoms with Gasteiger partial charge < -0.3 is 15.6 Å². The van der Waals surface area contributed by atoms with Crippen molar-refractivity contribution in [2.75, 3.05) is 19.8 Å². The minimum Gasteiger partial charge on any atom is -0.392 e. The Labute approximate surface area is 104 Å². The molecule has 0 aromatic rings. The van der Waals surface area contributed by atoms with E-state index in [1.165, 1.54) is 25.7 Å². The Hall–Kier alpha value is -0.120. The molecule has 0 amide bonds. The highest BCUT2D eigenvalue weighted by atomic mass is 16.5. The van der Waals surface area contributed by atoms with Gasteiger partial charge in [-0.3, -0.25) is 0 Å². The van der Waals surface area contributed by atoms with Gasteiger partial charge >= 0.3 is 0 Å². The number of aliphatic hydroxyl groups excluding tert-OH is 1. The first-order chi connectivity index (χ1) is 8.26. The Bertz CT molecular complexity index is 277. The van der Waals surface area contributed by atoms with Crippen molar-refractivity contribution in [3.05, 3.63) is 0 Å². The van der Waals surface area contributed by atoms with E-state index in [1.54, 1.807) is 0 Å². The van der Waals surface area contributed by atoms with Crippen molar-refractivity contribution < 1.29 is 9.84 Å². The van der Waals surface area contributed by atoms with Crippen molar-refractivity contribution in [2.24, 2.45) is 28.9 Å². The molecule has 3 nitrogen and oxygen atoms in total. The highest BCUT2D eigenvalue weighted by Gasteiger charge is 2.55. The SMILES string of the molecule is NCC1(C(O)C2CCOCC2)CC2CCC1C2. The van der Waals surface area contributed by atoms with Gasteiger partial charge in [-0.15, -0.1) is 0 Å². The van der Waals surface area contributed by atoms with Crippen LogP contribution in [0.4, 0.5) is 0 Å². The predicted molar refractivity (Wildman–Crippen MR) is 66.5 cm³/mol. The lowest BCUT2D eigenvalue weighted by Crippen LogP contribution is -2.50. The van der Waals surface area contributed by atoms with E-state index in [2.05, 4.69) is 0 Å². The fraction of sp³-hybridized carbons (Fsp3) is 1.00. The van der Waals surface area contributed by atoms with Crippen LogP contribution < -0.4 is 5.73 Å². The van der Waals surface area contributed by atoms with Gasteiger partial charge in [-0.1, -0.05) is 6.42 Å². The smallest absolute Gasteiger partial charge is 0.0641 e. The normalized spacial score (nSPS) is 44.1. The van der Waals surface area contributed by atoms with E-state index < -0.39 is 0 Å². The minimum atomic E-state index is -0.188. The summed E-state index contributed by atoms with van der Waals surface area (Å²) in [6, 6.07) is 0. The molecule has 1 heterocycles. The second-order valence-electron chi connectivity index (χ2n) is 6.41. The van der Waals surface area contributed by atoms with Crippen LogP contribution in [0.1, 0.15) is 38.5 Å². The van der Waals surface area contributed by atoms with Crippen molar-refractivity contribution in [3.63, 3.8) is 0 Å². The fourth-order valence-corrected chi connectivity index (χ4v) is 4.72. The molecule has 3 rings (SSSR count). The first-order valence-corrected chi connectivity index (χ1v) is 7.22. The van der Waals surface area contributed by atoms with E-state index in [0.717, 1.165) is 32.0 Å². The highest BCUT2D eigenvalue weighted by Crippen LogP contribution is 2.58. The molecule has 17 heavy (non-hydrogen) atoms. The summed E-state index contributed by atoms with van der Waals surface area (Å²) >= 11 is 0. The predicted octanol–water partition coefficient (Wildman–Crippen LogP) is 1.54. The van der Waals surface area contributed by atoms with Crippen LogP contribution in [0.5, 0.6) is 0 Å². The largest absolute Gasteiger partial charge is 0.392 e. The van der Waals surface area contributed by atoms with Gasteiger partial charge in [-0.25, -0.2) is 0 Å². The van der Waals surface area contributed by atoms with E-state index in [1.807, 2.05) is 0 Å². The van der Waals surface area contributed by atoms with Crippen molar-refractivity contribution in [3.8, 4) is 0 Å². The Kier molecular flexibility index (Phi) is 3.18. The van der Waals surface area contributed by atoms with Crippen LogP contribution in [0.3, 0.4) is 0 Å². The van der Waals surface area contributed by atoms with Crippen molar-refractivity contribution in [1.29, 1.82) is 0 Å². The number of hydrogen-bond acceptors (Lipinski definition) is 3. The molecule has 3 aliphatic rings. The second kappa shape index (κ2) is 4.52. The minimum absolute atomic E-state index is 0.0466. The van der Waals surface area contributed by atoms with Crippen LogP contribution in [0, 0.1) is 23.2 Å². The average Bonchev–Trinajstić information content (AvgIpc) is 2.99. The zero-order chi connectivity index (χ0) is 11.9. The molecule has 2 saturated carbocycles. The molecule has 4 unspecified atom stereocenters. The maximum absolute atomic E-state index is 10.8. The maximum atomic E-state index is 10.8. The van der Waals surface area contributed by atoms with E-state index in [0.29, 0.717) is 18.4 Å². The molecule has 98 valence electrons. The van der Waals surface area contributed by atoms with Crippen LogP contribution in [0.15, 0.2) is 0 Å². The van der Waals surface area contributed by atoms with Gasteiger partial charge in [0.2, 0.25) is 0 Å². The van der Waals surface area contributed by atoms with Crippen LogP contribution in [-0.4, -0.2) is 31.0 Å². The zero-order valence-corrected chi connectivity index (χ0v) is 10.6. The molecule has 2 bridgehead atoms. The number of rotatable bonds is 3. The number of aliphatic hydroxyl groups is 1. The molecule has 0 radical (unpaired) electrons. The van der Waals surface area contributed by atoms with Gasteiger partial charge in [-0.05, 0) is 49.9 Å². The quantitative estimate of drug-likeness (QED) is 0.785. The molecule has 0 spiro atoms. The maximum Gasteiger partial charge on any atom is 0.0641 e. The standard InChI is InChI=1S/C14H25NO2/c15-9-14(8-10-1-2-12(14)7-10)13(16)11-3-5-17-6-4-11/h10-13,16H,1-9,15H2. The lowest BCUT2D eigenvalue weighted by molar-refractivity contribution is -0.0779. The summed E-state index contributed by atoms with van der Waals surface area (Å²) in [6.07, 6.45) is 6.99. The van der Waals surface area contributed by atoms with E-state index >= 15 is 0 Å². The van der Waals surface area contributed by atoms with E-state index in [-0.39, 0.29) is 11.5 Å².